The van der Waals surface area contributed by atoms with Gasteiger partial charge in [-0.3, -0.25) is 10.1 Å². The summed E-state index contributed by atoms with van der Waals surface area (Å²) < 4.78 is 0. The maximum Gasteiger partial charge on any atom is 0.342 e. The topological polar surface area (TPSA) is 105 Å². The number of nitrogens with one attached hydrogen (secondary N) is 1. The number of nitro groups is 1. The molecule has 1 fully saturated rings. The summed E-state index contributed by atoms with van der Waals surface area (Å²) in [6, 6.07) is 1.47. The van der Waals surface area contributed by atoms with Gasteiger partial charge in [0.1, 0.15) is 17.6 Å². The zero-order valence-electron chi connectivity index (χ0n) is 11.2. The van der Waals surface area contributed by atoms with E-state index in [9.17, 15) is 14.9 Å². The number of carboxylic acid groups (broad SMARTS) is 1. The molecule has 1 aromatic heterocycles. The van der Waals surface area contributed by atoms with Crippen LogP contribution in [0.4, 0.5) is 11.5 Å². The Kier molecular flexibility index (Phi) is 4.16. The third-order valence-electron chi connectivity index (χ3n) is 3.75. The molecule has 2 N–H and O–H groups in total. The molecule has 2 atom stereocenters. The Labute approximate surface area is 116 Å². The normalized spacial score (nSPS) is 22.2. The van der Waals surface area contributed by atoms with Crippen molar-refractivity contribution in [3.8, 4) is 0 Å². The van der Waals surface area contributed by atoms with Crippen molar-refractivity contribution >= 4 is 17.5 Å². The van der Waals surface area contributed by atoms with Crippen LogP contribution in [-0.2, 0) is 0 Å². The third kappa shape index (κ3) is 3.04. The molecule has 7 nitrogen and oxygen atoms in total. The van der Waals surface area contributed by atoms with E-state index in [0.29, 0.717) is 11.7 Å². The maximum atomic E-state index is 11.1. The molecule has 2 unspecified atom stereocenters. The van der Waals surface area contributed by atoms with Crippen molar-refractivity contribution in [1.29, 1.82) is 0 Å². The van der Waals surface area contributed by atoms with E-state index in [4.69, 9.17) is 5.11 Å². The molecule has 1 aliphatic carbocycles. The minimum absolute atomic E-state index is 0.236. The highest BCUT2D eigenvalue weighted by Crippen LogP contribution is 2.27. The van der Waals surface area contributed by atoms with Crippen LogP contribution < -0.4 is 5.32 Å². The number of hydrogen-bond donors (Lipinski definition) is 2. The number of aromatic nitrogens is 1. The first-order valence-electron chi connectivity index (χ1n) is 6.63. The molecule has 7 heteroatoms. The van der Waals surface area contributed by atoms with Crippen LogP contribution in [0.3, 0.4) is 0 Å². The van der Waals surface area contributed by atoms with E-state index < -0.39 is 16.6 Å². The van der Waals surface area contributed by atoms with Crippen molar-refractivity contribution in [3.63, 3.8) is 0 Å². The number of carboxylic acids is 1. The first-order chi connectivity index (χ1) is 9.49. The molecule has 0 aromatic carbocycles. The second-order valence-corrected chi connectivity index (χ2v) is 5.16. The van der Waals surface area contributed by atoms with Gasteiger partial charge in [0.15, 0.2) is 0 Å². The zero-order valence-corrected chi connectivity index (χ0v) is 11.2. The fourth-order valence-corrected chi connectivity index (χ4v) is 2.56. The Morgan fingerprint density at radius 1 is 1.50 bits per heavy atom. The summed E-state index contributed by atoms with van der Waals surface area (Å²) >= 11 is 0. The van der Waals surface area contributed by atoms with E-state index in [1.54, 1.807) is 0 Å². The minimum atomic E-state index is -1.32. The summed E-state index contributed by atoms with van der Waals surface area (Å²) in [5.74, 6) is -0.459. The number of hydrogen-bond acceptors (Lipinski definition) is 5. The van der Waals surface area contributed by atoms with Crippen molar-refractivity contribution in [2.75, 3.05) is 5.32 Å². The van der Waals surface area contributed by atoms with E-state index in [2.05, 4.69) is 17.2 Å². The Morgan fingerprint density at radius 2 is 2.20 bits per heavy atom. The molecule has 2 rings (SSSR count). The lowest BCUT2D eigenvalue weighted by Crippen LogP contribution is -2.30. The predicted molar refractivity (Wildman–Crippen MR) is 72.9 cm³/mol. The molecule has 1 aliphatic rings. The SMILES string of the molecule is CC1CCCCC1Nc1cc(C(=O)O)c([N+](=O)[O-])cn1. The number of anilines is 1. The molecule has 20 heavy (non-hydrogen) atoms. The number of rotatable bonds is 4. The standard InChI is InChI=1S/C13H17N3O4/c1-8-4-2-3-5-10(8)15-12-6-9(13(17)18)11(7-14-12)16(19)20/h6-8,10H,2-5H2,1H3,(H,14,15)(H,17,18). The Hall–Kier alpha value is -2.18. The van der Waals surface area contributed by atoms with E-state index >= 15 is 0 Å². The first kappa shape index (κ1) is 14.2. The molecule has 0 aliphatic heterocycles. The van der Waals surface area contributed by atoms with Gasteiger partial charge in [-0.25, -0.2) is 9.78 Å². The van der Waals surface area contributed by atoms with Crippen molar-refractivity contribution < 1.29 is 14.8 Å². The van der Waals surface area contributed by atoms with Gasteiger partial charge in [-0.2, -0.15) is 0 Å². The van der Waals surface area contributed by atoms with Gasteiger partial charge >= 0.3 is 11.7 Å². The third-order valence-corrected chi connectivity index (χ3v) is 3.75. The number of nitrogens with zero attached hydrogens (tertiary/aromatic N) is 2. The highest BCUT2D eigenvalue weighted by atomic mass is 16.6. The van der Waals surface area contributed by atoms with Crippen molar-refractivity contribution in [3.05, 3.63) is 27.9 Å². The van der Waals surface area contributed by atoms with Crippen molar-refractivity contribution in [2.24, 2.45) is 5.92 Å². The molecule has 0 amide bonds. The van der Waals surface area contributed by atoms with Gasteiger partial charge < -0.3 is 10.4 Å². The van der Waals surface area contributed by atoms with E-state index in [0.717, 1.165) is 25.5 Å². The highest BCUT2D eigenvalue weighted by Gasteiger charge is 2.24. The molecule has 108 valence electrons. The smallest absolute Gasteiger partial charge is 0.342 e. The quantitative estimate of drug-likeness (QED) is 0.648. The van der Waals surface area contributed by atoms with Crippen molar-refractivity contribution in [1.82, 2.24) is 4.98 Å². The van der Waals surface area contributed by atoms with Gasteiger partial charge in [-0.15, -0.1) is 0 Å². The number of carbonyl (C=O) groups is 1. The fraction of sp³-hybridized carbons (Fsp3) is 0.538. The molecular weight excluding hydrogens is 262 g/mol. The number of pyridine rings is 1. The average Bonchev–Trinajstić information content (AvgIpc) is 2.41. The lowest BCUT2D eigenvalue weighted by atomic mass is 9.86. The van der Waals surface area contributed by atoms with Gasteiger partial charge in [-0.1, -0.05) is 19.8 Å². The summed E-state index contributed by atoms with van der Waals surface area (Å²) in [4.78, 5) is 25.1. The van der Waals surface area contributed by atoms with Crippen LogP contribution >= 0.6 is 0 Å². The molecule has 0 bridgehead atoms. The predicted octanol–water partition coefficient (Wildman–Crippen LogP) is 2.68. The lowest BCUT2D eigenvalue weighted by Gasteiger charge is -2.29. The van der Waals surface area contributed by atoms with Crippen LogP contribution in [0.25, 0.3) is 0 Å². The first-order valence-corrected chi connectivity index (χ1v) is 6.63. The second-order valence-electron chi connectivity index (χ2n) is 5.16. The van der Waals surface area contributed by atoms with Crippen LogP contribution in [0.15, 0.2) is 12.3 Å². The Morgan fingerprint density at radius 3 is 2.80 bits per heavy atom. The fourth-order valence-electron chi connectivity index (χ4n) is 2.56. The van der Waals surface area contributed by atoms with Crippen LogP contribution in [0, 0.1) is 16.0 Å². The molecular formula is C13H17N3O4. The van der Waals surface area contributed by atoms with E-state index in [-0.39, 0.29) is 11.6 Å². The Bertz CT molecular complexity index is 532. The highest BCUT2D eigenvalue weighted by molar-refractivity contribution is 5.93. The van der Waals surface area contributed by atoms with Crippen LogP contribution in [0.1, 0.15) is 43.0 Å². The summed E-state index contributed by atoms with van der Waals surface area (Å²) in [6.45, 7) is 2.14. The Balaban J connectivity index is 2.22. The molecule has 0 saturated heterocycles. The van der Waals surface area contributed by atoms with Gasteiger partial charge in [0.25, 0.3) is 0 Å². The van der Waals surface area contributed by atoms with Gasteiger partial charge in [-0.05, 0) is 18.8 Å². The summed E-state index contributed by atoms with van der Waals surface area (Å²) in [6.07, 6.45) is 5.45. The van der Waals surface area contributed by atoms with Crippen LogP contribution in [-0.4, -0.2) is 27.0 Å². The lowest BCUT2D eigenvalue weighted by molar-refractivity contribution is -0.385. The van der Waals surface area contributed by atoms with E-state index in [1.165, 1.54) is 12.5 Å². The average molecular weight is 279 g/mol. The zero-order chi connectivity index (χ0) is 14.7. The van der Waals surface area contributed by atoms with Gasteiger partial charge in [0.05, 0.1) is 4.92 Å². The maximum absolute atomic E-state index is 11.1. The molecule has 1 saturated carbocycles. The van der Waals surface area contributed by atoms with Crippen LogP contribution in [0.5, 0.6) is 0 Å². The van der Waals surface area contributed by atoms with E-state index in [1.807, 2.05) is 0 Å². The van der Waals surface area contributed by atoms with Crippen molar-refractivity contribution in [2.45, 2.75) is 38.6 Å². The molecule has 1 aromatic rings. The second kappa shape index (κ2) is 5.85. The summed E-state index contributed by atoms with van der Waals surface area (Å²) in [5.41, 5.74) is -0.823. The number of aromatic carboxylic acids is 1. The molecule has 0 radical (unpaired) electrons. The monoisotopic (exact) mass is 279 g/mol. The molecule has 0 spiro atoms. The minimum Gasteiger partial charge on any atom is -0.477 e. The van der Waals surface area contributed by atoms with Gasteiger partial charge in [0, 0.05) is 12.1 Å². The molecule has 1 heterocycles. The summed E-state index contributed by atoms with van der Waals surface area (Å²) in [5, 5.41) is 23.0. The largest absolute Gasteiger partial charge is 0.477 e. The van der Waals surface area contributed by atoms with Gasteiger partial charge in [0.2, 0.25) is 0 Å². The summed E-state index contributed by atoms with van der Waals surface area (Å²) in [7, 11) is 0. The van der Waals surface area contributed by atoms with Crippen LogP contribution in [0.2, 0.25) is 0 Å².